The van der Waals surface area contributed by atoms with Crippen molar-refractivity contribution in [1.29, 1.82) is 0 Å². The highest BCUT2D eigenvalue weighted by Crippen LogP contribution is 2.13. The molecule has 23 heavy (non-hydrogen) atoms. The molecule has 2 heterocycles. The van der Waals surface area contributed by atoms with Gasteiger partial charge in [0, 0.05) is 31.4 Å². The minimum Gasteiger partial charge on any atom is -0.475 e. The van der Waals surface area contributed by atoms with E-state index in [4.69, 9.17) is 15.6 Å². The Morgan fingerprint density at radius 2 is 1.78 bits per heavy atom. The molecule has 0 spiro atoms. The third kappa shape index (κ3) is 6.10. The van der Waals surface area contributed by atoms with Crippen LogP contribution < -0.4 is 11.3 Å². The molecule has 0 atom stereocenters. The van der Waals surface area contributed by atoms with E-state index >= 15 is 0 Å². The van der Waals surface area contributed by atoms with E-state index in [0.717, 1.165) is 12.8 Å². The standard InChI is InChI=1S/C11H15N3O2.C2HF3O2/c12-9-3-5-14(6-4-9)11(16)8-1-2-10(15)13-7-8;3-2(4,5)1(6)7/h1-2,7,9H,3-6,12H2,(H,13,15);(H,6,7). The number of hydrogen-bond donors (Lipinski definition) is 3. The number of halogens is 3. The van der Waals surface area contributed by atoms with E-state index in [2.05, 4.69) is 4.98 Å². The van der Waals surface area contributed by atoms with Crippen LogP contribution >= 0.6 is 0 Å². The van der Waals surface area contributed by atoms with Crippen molar-refractivity contribution < 1.29 is 27.9 Å². The number of pyridine rings is 1. The van der Waals surface area contributed by atoms with Gasteiger partial charge in [0.05, 0.1) is 5.56 Å². The SMILES string of the molecule is NC1CCN(C(=O)c2ccc(=O)[nH]c2)CC1.O=C(O)C(F)(F)F. The van der Waals surface area contributed by atoms with Gasteiger partial charge in [0.2, 0.25) is 5.56 Å². The lowest BCUT2D eigenvalue weighted by Gasteiger charge is -2.30. The first-order valence-corrected chi connectivity index (χ1v) is 6.65. The highest BCUT2D eigenvalue weighted by molar-refractivity contribution is 5.93. The van der Waals surface area contributed by atoms with E-state index in [1.165, 1.54) is 12.3 Å². The summed E-state index contributed by atoms with van der Waals surface area (Å²) in [6.07, 6.45) is -1.94. The van der Waals surface area contributed by atoms with Gasteiger partial charge in [-0.15, -0.1) is 0 Å². The van der Waals surface area contributed by atoms with E-state index < -0.39 is 12.1 Å². The lowest BCUT2D eigenvalue weighted by Crippen LogP contribution is -2.42. The van der Waals surface area contributed by atoms with E-state index in [1.807, 2.05) is 0 Å². The second kappa shape index (κ2) is 7.77. The van der Waals surface area contributed by atoms with Gasteiger partial charge in [-0.1, -0.05) is 0 Å². The summed E-state index contributed by atoms with van der Waals surface area (Å²) < 4.78 is 31.7. The van der Waals surface area contributed by atoms with Gasteiger partial charge in [-0.25, -0.2) is 4.79 Å². The lowest BCUT2D eigenvalue weighted by molar-refractivity contribution is -0.192. The van der Waals surface area contributed by atoms with Crippen LogP contribution in [0.4, 0.5) is 13.2 Å². The molecule has 10 heteroatoms. The van der Waals surface area contributed by atoms with Gasteiger partial charge < -0.3 is 20.7 Å². The molecule has 1 amide bonds. The number of carbonyl (C=O) groups is 2. The zero-order valence-corrected chi connectivity index (χ0v) is 12.0. The van der Waals surface area contributed by atoms with Crippen LogP contribution in [0.1, 0.15) is 23.2 Å². The number of piperidine rings is 1. The number of carboxylic acid groups (broad SMARTS) is 1. The van der Waals surface area contributed by atoms with Gasteiger partial charge in [0.15, 0.2) is 0 Å². The Morgan fingerprint density at radius 1 is 1.26 bits per heavy atom. The number of nitrogens with zero attached hydrogens (tertiary/aromatic N) is 1. The van der Waals surface area contributed by atoms with Crippen LogP contribution in [0.3, 0.4) is 0 Å². The normalized spacial score (nSPS) is 15.6. The van der Waals surface area contributed by atoms with Crippen molar-refractivity contribution in [3.63, 3.8) is 0 Å². The molecule has 0 unspecified atom stereocenters. The summed E-state index contributed by atoms with van der Waals surface area (Å²) >= 11 is 0. The molecule has 0 radical (unpaired) electrons. The Bertz CT molecular complexity index is 587. The van der Waals surface area contributed by atoms with E-state index in [1.54, 1.807) is 11.0 Å². The van der Waals surface area contributed by atoms with Crippen LogP contribution in [0.2, 0.25) is 0 Å². The van der Waals surface area contributed by atoms with Crippen LogP contribution in [0.15, 0.2) is 23.1 Å². The molecule has 1 aromatic heterocycles. The Morgan fingerprint density at radius 3 is 2.17 bits per heavy atom. The topological polar surface area (TPSA) is 116 Å². The number of amides is 1. The molecule has 1 saturated heterocycles. The number of carbonyl (C=O) groups excluding carboxylic acids is 1. The Balaban J connectivity index is 0.000000322. The molecule has 1 aromatic rings. The average molecular weight is 335 g/mol. The van der Waals surface area contributed by atoms with Crippen molar-refractivity contribution in [2.45, 2.75) is 25.1 Å². The number of nitrogens with two attached hydrogens (primary N) is 1. The molecular formula is C13H16F3N3O4. The fourth-order valence-corrected chi connectivity index (χ4v) is 1.83. The molecule has 0 saturated carbocycles. The third-order valence-electron chi connectivity index (χ3n) is 3.10. The number of aromatic amines is 1. The summed E-state index contributed by atoms with van der Waals surface area (Å²) in [5.41, 5.74) is 6.10. The number of likely N-dealkylation sites (tertiary alicyclic amines) is 1. The largest absolute Gasteiger partial charge is 0.490 e. The molecule has 4 N–H and O–H groups in total. The maximum atomic E-state index is 12.0. The van der Waals surface area contributed by atoms with Crippen LogP contribution in [0, 0.1) is 0 Å². The van der Waals surface area contributed by atoms with Gasteiger partial charge in [0.25, 0.3) is 5.91 Å². The maximum absolute atomic E-state index is 12.0. The summed E-state index contributed by atoms with van der Waals surface area (Å²) in [5, 5.41) is 7.12. The van der Waals surface area contributed by atoms with E-state index in [-0.39, 0.29) is 17.5 Å². The van der Waals surface area contributed by atoms with Crippen molar-refractivity contribution >= 4 is 11.9 Å². The zero-order valence-electron chi connectivity index (χ0n) is 12.0. The first-order chi connectivity index (χ1) is 10.6. The quantitative estimate of drug-likeness (QED) is 0.694. The molecule has 1 fully saturated rings. The molecule has 0 aromatic carbocycles. The smallest absolute Gasteiger partial charge is 0.475 e. The second-order valence-electron chi connectivity index (χ2n) is 4.87. The van der Waals surface area contributed by atoms with Crippen molar-refractivity contribution in [3.05, 3.63) is 34.2 Å². The molecule has 7 nitrogen and oxygen atoms in total. The van der Waals surface area contributed by atoms with Gasteiger partial charge >= 0.3 is 12.1 Å². The fourth-order valence-electron chi connectivity index (χ4n) is 1.83. The Labute approximate surface area is 128 Å². The lowest BCUT2D eigenvalue weighted by atomic mass is 10.1. The molecule has 0 bridgehead atoms. The number of alkyl halides is 3. The average Bonchev–Trinajstić information content (AvgIpc) is 2.48. The summed E-state index contributed by atoms with van der Waals surface area (Å²) in [4.78, 5) is 36.0. The van der Waals surface area contributed by atoms with Crippen molar-refractivity contribution in [2.75, 3.05) is 13.1 Å². The number of hydrogen-bond acceptors (Lipinski definition) is 4. The molecule has 0 aliphatic carbocycles. The first kappa shape index (κ1) is 18.7. The van der Waals surface area contributed by atoms with Crippen molar-refractivity contribution in [1.82, 2.24) is 9.88 Å². The Kier molecular flexibility index (Phi) is 6.31. The fraction of sp³-hybridized carbons (Fsp3) is 0.462. The summed E-state index contributed by atoms with van der Waals surface area (Å²) in [5.74, 6) is -2.80. The monoisotopic (exact) mass is 335 g/mol. The van der Waals surface area contributed by atoms with Crippen molar-refractivity contribution in [2.24, 2.45) is 5.73 Å². The predicted octanol–water partition coefficient (Wildman–Crippen LogP) is 0.571. The minimum absolute atomic E-state index is 0.0387. The zero-order chi connectivity index (χ0) is 17.6. The number of rotatable bonds is 1. The number of aliphatic carboxylic acids is 1. The van der Waals surface area contributed by atoms with Gasteiger partial charge in [-0.2, -0.15) is 13.2 Å². The summed E-state index contributed by atoms with van der Waals surface area (Å²) in [6, 6.07) is 3.12. The summed E-state index contributed by atoms with van der Waals surface area (Å²) in [7, 11) is 0. The third-order valence-corrected chi connectivity index (χ3v) is 3.10. The van der Waals surface area contributed by atoms with Gasteiger partial charge in [-0.05, 0) is 18.9 Å². The number of aromatic nitrogens is 1. The maximum Gasteiger partial charge on any atom is 0.490 e. The minimum atomic E-state index is -5.08. The highest BCUT2D eigenvalue weighted by atomic mass is 19.4. The first-order valence-electron chi connectivity index (χ1n) is 6.65. The number of carboxylic acids is 1. The van der Waals surface area contributed by atoms with Gasteiger partial charge in [0.1, 0.15) is 0 Å². The number of H-pyrrole nitrogens is 1. The van der Waals surface area contributed by atoms with Crippen LogP contribution in [-0.2, 0) is 4.79 Å². The molecule has 1 aliphatic heterocycles. The van der Waals surface area contributed by atoms with E-state index in [9.17, 15) is 22.8 Å². The molecule has 2 rings (SSSR count). The molecule has 1 aliphatic rings. The second-order valence-corrected chi connectivity index (χ2v) is 4.87. The highest BCUT2D eigenvalue weighted by Gasteiger charge is 2.38. The van der Waals surface area contributed by atoms with Crippen LogP contribution in [0.5, 0.6) is 0 Å². The van der Waals surface area contributed by atoms with Crippen LogP contribution in [0.25, 0.3) is 0 Å². The van der Waals surface area contributed by atoms with Crippen LogP contribution in [-0.4, -0.2) is 52.2 Å². The summed E-state index contributed by atoms with van der Waals surface area (Å²) in [6.45, 7) is 1.39. The predicted molar refractivity (Wildman–Crippen MR) is 73.9 cm³/mol. The Hall–Kier alpha value is -2.36. The number of nitrogens with one attached hydrogen (secondary N) is 1. The molecule has 128 valence electrons. The van der Waals surface area contributed by atoms with Crippen molar-refractivity contribution in [3.8, 4) is 0 Å². The van der Waals surface area contributed by atoms with Gasteiger partial charge in [-0.3, -0.25) is 9.59 Å². The molecular weight excluding hydrogens is 319 g/mol. The van der Waals surface area contributed by atoms with E-state index in [0.29, 0.717) is 18.7 Å².